The monoisotopic (exact) mass is 214 g/mol. The van der Waals surface area contributed by atoms with Crippen molar-refractivity contribution in [2.75, 3.05) is 31.1 Å². The summed E-state index contributed by atoms with van der Waals surface area (Å²) in [5.74, 6) is 3.54. The zero-order chi connectivity index (χ0) is 10.2. The molecule has 3 heteroatoms. The van der Waals surface area contributed by atoms with E-state index in [-0.39, 0.29) is 0 Å². The quantitative estimate of drug-likeness (QED) is 0.770. The maximum absolute atomic E-state index is 5.90. The fourth-order valence-electron chi connectivity index (χ4n) is 2.78. The second kappa shape index (κ2) is 4.03. The Balaban J connectivity index is 1.87. The van der Waals surface area contributed by atoms with Crippen LogP contribution < -0.4 is 5.73 Å². The summed E-state index contributed by atoms with van der Waals surface area (Å²) in [4.78, 5) is 2.59. The zero-order valence-corrected chi connectivity index (χ0v) is 10.1. The van der Waals surface area contributed by atoms with Gasteiger partial charge in [0.15, 0.2) is 0 Å². The molecular weight excluding hydrogens is 192 g/mol. The van der Waals surface area contributed by atoms with Gasteiger partial charge in [-0.3, -0.25) is 4.90 Å². The SMILES string of the molecule is CC1(C)CN(C(CN)C2CCSC2)C1. The fraction of sp³-hybridized carbons (Fsp3) is 1.00. The lowest BCUT2D eigenvalue weighted by Crippen LogP contribution is -2.60. The Morgan fingerprint density at radius 1 is 1.50 bits per heavy atom. The van der Waals surface area contributed by atoms with Gasteiger partial charge in [-0.15, -0.1) is 0 Å². The second-order valence-electron chi connectivity index (χ2n) is 5.50. The van der Waals surface area contributed by atoms with Gasteiger partial charge in [0, 0.05) is 25.7 Å². The van der Waals surface area contributed by atoms with Crippen molar-refractivity contribution >= 4 is 11.8 Å². The summed E-state index contributed by atoms with van der Waals surface area (Å²) in [6.45, 7) is 8.04. The largest absolute Gasteiger partial charge is 0.329 e. The molecule has 0 aromatic rings. The molecule has 0 radical (unpaired) electrons. The summed E-state index contributed by atoms with van der Waals surface area (Å²) in [5, 5.41) is 0. The molecule has 2 N–H and O–H groups in total. The second-order valence-corrected chi connectivity index (χ2v) is 6.65. The molecule has 0 aromatic carbocycles. The topological polar surface area (TPSA) is 29.3 Å². The molecule has 2 rings (SSSR count). The number of hydrogen-bond donors (Lipinski definition) is 1. The predicted molar refractivity (Wildman–Crippen MR) is 63.6 cm³/mol. The summed E-state index contributed by atoms with van der Waals surface area (Å²) in [6.07, 6.45) is 1.38. The number of nitrogens with zero attached hydrogens (tertiary/aromatic N) is 1. The molecular formula is C11H22N2S. The van der Waals surface area contributed by atoms with E-state index in [0.717, 1.165) is 12.5 Å². The van der Waals surface area contributed by atoms with Crippen molar-refractivity contribution in [2.24, 2.45) is 17.1 Å². The van der Waals surface area contributed by atoms with Crippen molar-refractivity contribution in [3.8, 4) is 0 Å². The van der Waals surface area contributed by atoms with Crippen LogP contribution in [0.15, 0.2) is 0 Å². The van der Waals surface area contributed by atoms with Crippen LogP contribution in [0, 0.1) is 11.3 Å². The number of hydrogen-bond acceptors (Lipinski definition) is 3. The van der Waals surface area contributed by atoms with Crippen LogP contribution in [0.2, 0.25) is 0 Å². The van der Waals surface area contributed by atoms with E-state index in [4.69, 9.17) is 5.73 Å². The Morgan fingerprint density at radius 2 is 2.21 bits per heavy atom. The van der Waals surface area contributed by atoms with Crippen molar-refractivity contribution in [3.63, 3.8) is 0 Å². The molecule has 2 heterocycles. The highest BCUT2D eigenvalue weighted by atomic mass is 32.2. The molecule has 0 saturated carbocycles. The molecule has 0 aliphatic carbocycles. The van der Waals surface area contributed by atoms with Gasteiger partial charge < -0.3 is 5.73 Å². The molecule has 82 valence electrons. The first-order chi connectivity index (χ1) is 6.62. The molecule has 2 nitrogen and oxygen atoms in total. The van der Waals surface area contributed by atoms with Crippen molar-refractivity contribution in [2.45, 2.75) is 26.3 Å². The van der Waals surface area contributed by atoms with E-state index in [1.165, 1.54) is 31.0 Å². The third-order valence-corrected chi connectivity index (χ3v) is 4.67. The normalized spacial score (nSPS) is 34.1. The summed E-state index contributed by atoms with van der Waals surface area (Å²) in [6, 6.07) is 0.665. The van der Waals surface area contributed by atoms with Gasteiger partial charge in [0.2, 0.25) is 0 Å². The maximum Gasteiger partial charge on any atom is 0.0255 e. The highest BCUT2D eigenvalue weighted by Gasteiger charge is 2.40. The third kappa shape index (κ3) is 2.10. The van der Waals surface area contributed by atoms with Crippen LogP contribution in [-0.4, -0.2) is 42.1 Å². The van der Waals surface area contributed by atoms with E-state index in [1.807, 2.05) is 0 Å². The highest BCUT2D eigenvalue weighted by molar-refractivity contribution is 7.99. The molecule has 2 aliphatic rings. The van der Waals surface area contributed by atoms with Crippen LogP contribution in [0.1, 0.15) is 20.3 Å². The van der Waals surface area contributed by atoms with Crippen LogP contribution in [0.3, 0.4) is 0 Å². The van der Waals surface area contributed by atoms with Gasteiger partial charge in [0.25, 0.3) is 0 Å². The van der Waals surface area contributed by atoms with Gasteiger partial charge in [-0.1, -0.05) is 13.8 Å². The molecule has 0 bridgehead atoms. The van der Waals surface area contributed by atoms with Gasteiger partial charge in [0.1, 0.15) is 0 Å². The lowest BCUT2D eigenvalue weighted by atomic mass is 9.81. The lowest BCUT2D eigenvalue weighted by molar-refractivity contribution is -0.0192. The van der Waals surface area contributed by atoms with E-state index >= 15 is 0 Å². The Bertz CT molecular complexity index is 191. The number of likely N-dealkylation sites (tertiary alicyclic amines) is 1. The molecule has 0 spiro atoms. The van der Waals surface area contributed by atoms with Crippen LogP contribution >= 0.6 is 11.8 Å². The predicted octanol–water partition coefficient (Wildman–Crippen LogP) is 1.41. The highest BCUT2D eigenvalue weighted by Crippen LogP contribution is 2.36. The number of nitrogens with two attached hydrogens (primary N) is 1. The van der Waals surface area contributed by atoms with Gasteiger partial charge in [-0.25, -0.2) is 0 Å². The summed E-state index contributed by atoms with van der Waals surface area (Å²) in [5.41, 5.74) is 6.44. The standard InChI is InChI=1S/C11H22N2S/c1-11(2)7-13(8-11)10(5-12)9-3-4-14-6-9/h9-10H,3-8,12H2,1-2H3. The van der Waals surface area contributed by atoms with E-state index in [1.54, 1.807) is 0 Å². The van der Waals surface area contributed by atoms with Crippen molar-refractivity contribution in [3.05, 3.63) is 0 Å². The van der Waals surface area contributed by atoms with E-state index < -0.39 is 0 Å². The Kier molecular flexibility index (Phi) is 3.10. The van der Waals surface area contributed by atoms with Gasteiger partial charge in [-0.2, -0.15) is 11.8 Å². The van der Waals surface area contributed by atoms with Gasteiger partial charge in [0.05, 0.1) is 0 Å². The molecule has 0 amide bonds. The Hall–Kier alpha value is 0.270. The molecule has 2 atom stereocenters. The van der Waals surface area contributed by atoms with Gasteiger partial charge >= 0.3 is 0 Å². The minimum Gasteiger partial charge on any atom is -0.329 e. The zero-order valence-electron chi connectivity index (χ0n) is 9.33. The third-order valence-electron chi connectivity index (χ3n) is 3.48. The van der Waals surface area contributed by atoms with Gasteiger partial charge in [-0.05, 0) is 29.3 Å². The molecule has 2 fully saturated rings. The van der Waals surface area contributed by atoms with Crippen LogP contribution in [0.4, 0.5) is 0 Å². The van der Waals surface area contributed by atoms with Crippen LogP contribution in [-0.2, 0) is 0 Å². The first kappa shape index (κ1) is 10.8. The van der Waals surface area contributed by atoms with E-state index in [0.29, 0.717) is 11.5 Å². The first-order valence-electron chi connectivity index (χ1n) is 5.64. The van der Waals surface area contributed by atoms with Crippen molar-refractivity contribution < 1.29 is 0 Å². The summed E-state index contributed by atoms with van der Waals surface area (Å²) in [7, 11) is 0. The average Bonchev–Trinajstić information content (AvgIpc) is 2.55. The molecule has 2 unspecified atom stereocenters. The Labute approximate surface area is 91.6 Å². The van der Waals surface area contributed by atoms with Crippen LogP contribution in [0.5, 0.6) is 0 Å². The lowest BCUT2D eigenvalue weighted by Gasteiger charge is -2.51. The fourth-order valence-corrected chi connectivity index (χ4v) is 4.11. The maximum atomic E-state index is 5.90. The minimum absolute atomic E-state index is 0.541. The van der Waals surface area contributed by atoms with E-state index in [2.05, 4.69) is 30.5 Å². The summed E-state index contributed by atoms with van der Waals surface area (Å²) < 4.78 is 0. The van der Waals surface area contributed by atoms with E-state index in [9.17, 15) is 0 Å². The average molecular weight is 214 g/mol. The summed E-state index contributed by atoms with van der Waals surface area (Å²) >= 11 is 2.10. The van der Waals surface area contributed by atoms with Crippen LogP contribution in [0.25, 0.3) is 0 Å². The number of rotatable bonds is 3. The first-order valence-corrected chi connectivity index (χ1v) is 6.80. The minimum atomic E-state index is 0.541. The molecule has 2 aliphatic heterocycles. The van der Waals surface area contributed by atoms with Crippen molar-refractivity contribution in [1.82, 2.24) is 4.90 Å². The molecule has 0 aromatic heterocycles. The molecule has 14 heavy (non-hydrogen) atoms. The number of thioether (sulfide) groups is 1. The smallest absolute Gasteiger partial charge is 0.0255 e. The Morgan fingerprint density at radius 3 is 2.64 bits per heavy atom. The van der Waals surface area contributed by atoms with Crippen molar-refractivity contribution in [1.29, 1.82) is 0 Å². The molecule has 2 saturated heterocycles.